The minimum atomic E-state index is -0.239. The molecule has 1 aliphatic rings. The number of piperazine rings is 1. The third kappa shape index (κ3) is 6.12. The van der Waals surface area contributed by atoms with Gasteiger partial charge in [0.25, 0.3) is 5.91 Å². The van der Waals surface area contributed by atoms with E-state index in [1.165, 1.54) is 12.1 Å². The SMILES string of the molecule is CCc1ccccc1NC(=O)COc1ccc(C(=S)N2CCN(c3ccc(F)cc3)CC2)cc1OC. The van der Waals surface area contributed by atoms with E-state index >= 15 is 0 Å². The second-order valence-electron chi connectivity index (χ2n) is 8.47. The molecule has 1 aliphatic heterocycles. The lowest BCUT2D eigenvalue weighted by Gasteiger charge is -2.37. The van der Waals surface area contributed by atoms with Gasteiger partial charge in [-0.2, -0.15) is 0 Å². The van der Waals surface area contributed by atoms with E-state index < -0.39 is 0 Å². The summed E-state index contributed by atoms with van der Waals surface area (Å²) < 4.78 is 24.5. The summed E-state index contributed by atoms with van der Waals surface area (Å²) in [6.45, 7) is 5.01. The number of benzene rings is 3. The summed E-state index contributed by atoms with van der Waals surface area (Å²) >= 11 is 5.76. The Kier molecular flexibility index (Phi) is 8.38. The molecule has 1 heterocycles. The average Bonchev–Trinajstić information content (AvgIpc) is 2.92. The summed E-state index contributed by atoms with van der Waals surface area (Å²) in [6, 6.07) is 19.8. The molecule has 36 heavy (non-hydrogen) atoms. The summed E-state index contributed by atoms with van der Waals surface area (Å²) in [7, 11) is 1.56. The van der Waals surface area contributed by atoms with Gasteiger partial charge in [-0.05, 0) is 60.5 Å². The number of nitrogens with zero attached hydrogens (tertiary/aromatic N) is 2. The Morgan fingerprint density at radius 1 is 1.00 bits per heavy atom. The fourth-order valence-corrected chi connectivity index (χ4v) is 4.51. The zero-order chi connectivity index (χ0) is 25.5. The lowest BCUT2D eigenvalue weighted by atomic mass is 10.1. The maximum Gasteiger partial charge on any atom is 0.262 e. The number of hydrogen-bond donors (Lipinski definition) is 1. The molecule has 8 heteroatoms. The smallest absolute Gasteiger partial charge is 0.262 e. The number of hydrogen-bond acceptors (Lipinski definition) is 5. The van der Waals surface area contributed by atoms with Gasteiger partial charge in [-0.3, -0.25) is 4.79 Å². The van der Waals surface area contributed by atoms with E-state index in [4.69, 9.17) is 21.7 Å². The molecule has 0 aliphatic carbocycles. The molecule has 3 aromatic rings. The summed E-state index contributed by atoms with van der Waals surface area (Å²) in [4.78, 5) is 17.6. The molecule has 1 fully saturated rings. The molecule has 1 saturated heterocycles. The first-order chi connectivity index (χ1) is 17.5. The number of methoxy groups -OCH3 is 1. The first-order valence-electron chi connectivity index (χ1n) is 12.0. The van der Waals surface area contributed by atoms with Crippen LogP contribution < -0.4 is 19.7 Å². The topological polar surface area (TPSA) is 54.0 Å². The van der Waals surface area contributed by atoms with Crippen LogP contribution in [0.15, 0.2) is 66.7 Å². The Hall–Kier alpha value is -3.65. The van der Waals surface area contributed by atoms with Crippen molar-refractivity contribution in [1.29, 1.82) is 0 Å². The van der Waals surface area contributed by atoms with Gasteiger partial charge in [0.1, 0.15) is 10.8 Å². The number of amides is 1. The number of carbonyl (C=O) groups excluding carboxylic acids is 1. The van der Waals surface area contributed by atoms with Gasteiger partial charge in [0, 0.05) is 43.1 Å². The van der Waals surface area contributed by atoms with Crippen molar-refractivity contribution in [1.82, 2.24) is 4.90 Å². The number of halogens is 1. The molecule has 3 aromatic carbocycles. The van der Waals surface area contributed by atoms with Gasteiger partial charge in [-0.25, -0.2) is 4.39 Å². The van der Waals surface area contributed by atoms with Crippen LogP contribution >= 0.6 is 12.2 Å². The van der Waals surface area contributed by atoms with Crippen molar-refractivity contribution >= 4 is 34.5 Å². The zero-order valence-corrected chi connectivity index (χ0v) is 21.3. The summed E-state index contributed by atoms with van der Waals surface area (Å²) in [5, 5.41) is 2.91. The van der Waals surface area contributed by atoms with Crippen molar-refractivity contribution in [3.63, 3.8) is 0 Å². The van der Waals surface area contributed by atoms with Crippen molar-refractivity contribution in [2.75, 3.05) is 50.1 Å². The highest BCUT2D eigenvalue weighted by atomic mass is 32.1. The molecule has 0 aromatic heterocycles. The molecular formula is C28H30FN3O3S. The van der Waals surface area contributed by atoms with Gasteiger partial charge in [0.2, 0.25) is 0 Å². The number of ether oxygens (including phenoxy) is 2. The Balaban J connectivity index is 1.34. The first kappa shape index (κ1) is 25.4. The fraction of sp³-hybridized carbons (Fsp3) is 0.286. The van der Waals surface area contributed by atoms with Crippen LogP contribution in [0.25, 0.3) is 0 Å². The van der Waals surface area contributed by atoms with E-state index in [1.54, 1.807) is 25.3 Å². The third-order valence-corrected chi connectivity index (χ3v) is 6.69. The summed E-state index contributed by atoms with van der Waals surface area (Å²) in [6.07, 6.45) is 0.827. The van der Waals surface area contributed by atoms with Gasteiger partial charge < -0.3 is 24.6 Å². The second kappa shape index (κ2) is 11.9. The predicted molar refractivity (Wildman–Crippen MR) is 145 cm³/mol. The third-order valence-electron chi connectivity index (χ3n) is 6.20. The molecule has 0 bridgehead atoms. The number of carbonyl (C=O) groups is 1. The molecule has 1 amide bonds. The Bertz CT molecular complexity index is 1210. The lowest BCUT2D eigenvalue weighted by molar-refractivity contribution is -0.118. The van der Waals surface area contributed by atoms with Crippen molar-refractivity contribution in [3.8, 4) is 11.5 Å². The Morgan fingerprint density at radius 2 is 1.72 bits per heavy atom. The number of para-hydroxylation sites is 1. The van der Waals surface area contributed by atoms with Crippen LogP contribution in [0.2, 0.25) is 0 Å². The number of nitrogens with one attached hydrogen (secondary N) is 1. The van der Waals surface area contributed by atoms with Crippen LogP contribution in [-0.4, -0.2) is 55.7 Å². The molecule has 0 unspecified atom stereocenters. The highest BCUT2D eigenvalue weighted by molar-refractivity contribution is 7.80. The Morgan fingerprint density at radius 3 is 2.42 bits per heavy atom. The molecule has 6 nitrogen and oxygen atoms in total. The normalized spacial score (nSPS) is 13.3. The maximum absolute atomic E-state index is 13.2. The second-order valence-corrected chi connectivity index (χ2v) is 8.86. The van der Waals surface area contributed by atoms with E-state index in [1.807, 2.05) is 43.3 Å². The molecule has 0 spiro atoms. The number of aryl methyl sites for hydroxylation is 1. The van der Waals surface area contributed by atoms with Crippen molar-refractivity contribution in [2.24, 2.45) is 0 Å². The fourth-order valence-electron chi connectivity index (χ4n) is 4.20. The molecule has 188 valence electrons. The van der Waals surface area contributed by atoms with Crippen molar-refractivity contribution in [3.05, 3.63) is 83.7 Å². The zero-order valence-electron chi connectivity index (χ0n) is 20.5. The van der Waals surface area contributed by atoms with E-state index in [0.717, 1.165) is 60.1 Å². The number of thiocarbonyl (C=S) groups is 1. The molecule has 0 saturated carbocycles. The molecule has 0 radical (unpaired) electrons. The van der Waals surface area contributed by atoms with E-state index in [2.05, 4.69) is 15.1 Å². The van der Waals surface area contributed by atoms with Gasteiger partial charge in [-0.15, -0.1) is 0 Å². The van der Waals surface area contributed by atoms with Crippen molar-refractivity contribution in [2.45, 2.75) is 13.3 Å². The van der Waals surface area contributed by atoms with Crippen LogP contribution in [0, 0.1) is 5.82 Å². The van der Waals surface area contributed by atoms with Crippen LogP contribution in [0.5, 0.6) is 11.5 Å². The monoisotopic (exact) mass is 507 g/mol. The van der Waals surface area contributed by atoms with E-state index in [0.29, 0.717) is 11.5 Å². The van der Waals surface area contributed by atoms with E-state index in [9.17, 15) is 9.18 Å². The number of rotatable bonds is 8. The minimum Gasteiger partial charge on any atom is -0.493 e. The molecule has 0 atom stereocenters. The average molecular weight is 508 g/mol. The molecule has 4 rings (SSSR count). The van der Waals surface area contributed by atoms with Crippen LogP contribution in [0.1, 0.15) is 18.1 Å². The largest absolute Gasteiger partial charge is 0.493 e. The summed E-state index contributed by atoms with van der Waals surface area (Å²) in [5.74, 6) is 0.518. The van der Waals surface area contributed by atoms with Gasteiger partial charge in [0.05, 0.1) is 7.11 Å². The highest BCUT2D eigenvalue weighted by Gasteiger charge is 2.21. The number of anilines is 2. The van der Waals surface area contributed by atoms with Gasteiger partial charge in [-0.1, -0.05) is 37.3 Å². The standard InChI is InChI=1S/C28H30FN3O3S/c1-3-20-6-4-5-7-24(20)30-27(33)19-35-25-13-8-21(18-26(25)34-2)28(36)32-16-14-31(15-17-32)23-11-9-22(29)10-12-23/h4-13,18H,3,14-17,19H2,1-2H3,(H,30,33). The minimum absolute atomic E-state index is 0.135. The highest BCUT2D eigenvalue weighted by Crippen LogP contribution is 2.29. The quantitative estimate of drug-likeness (QED) is 0.437. The van der Waals surface area contributed by atoms with Crippen LogP contribution in [0.4, 0.5) is 15.8 Å². The molecule has 1 N–H and O–H groups in total. The Labute approximate surface area is 216 Å². The maximum atomic E-state index is 13.2. The van der Waals surface area contributed by atoms with Gasteiger partial charge in [0.15, 0.2) is 18.1 Å². The lowest BCUT2D eigenvalue weighted by Crippen LogP contribution is -2.48. The first-order valence-corrected chi connectivity index (χ1v) is 12.4. The predicted octanol–water partition coefficient (Wildman–Crippen LogP) is 4.91. The van der Waals surface area contributed by atoms with E-state index in [-0.39, 0.29) is 18.3 Å². The van der Waals surface area contributed by atoms with Gasteiger partial charge >= 0.3 is 0 Å². The van der Waals surface area contributed by atoms with Crippen LogP contribution in [-0.2, 0) is 11.2 Å². The summed E-state index contributed by atoms with van der Waals surface area (Å²) in [5.41, 5.74) is 3.72. The van der Waals surface area contributed by atoms with Crippen molar-refractivity contribution < 1.29 is 18.7 Å². The van der Waals surface area contributed by atoms with Crippen LogP contribution in [0.3, 0.4) is 0 Å². The molecular weight excluding hydrogens is 477 g/mol.